The first-order chi connectivity index (χ1) is 13.1. The van der Waals surface area contributed by atoms with E-state index in [1.807, 2.05) is 12.1 Å². The van der Waals surface area contributed by atoms with Gasteiger partial charge in [0.2, 0.25) is 23.0 Å². The molecule has 1 fully saturated rings. The fourth-order valence-electron chi connectivity index (χ4n) is 4.76. The van der Waals surface area contributed by atoms with Gasteiger partial charge in [0, 0.05) is 18.1 Å². The Morgan fingerprint density at radius 2 is 1.70 bits per heavy atom. The molecule has 27 heavy (non-hydrogen) atoms. The number of benzene rings is 1. The van der Waals surface area contributed by atoms with Crippen molar-refractivity contribution < 1.29 is 14.2 Å². The van der Waals surface area contributed by atoms with Gasteiger partial charge < -0.3 is 0 Å². The fraction of sp³-hybridized carbons (Fsp3) is 0.522. The van der Waals surface area contributed by atoms with Crippen LogP contribution in [0.25, 0.3) is 0 Å². The summed E-state index contributed by atoms with van der Waals surface area (Å²) in [5, 5.41) is 0. The van der Waals surface area contributed by atoms with E-state index in [9.17, 15) is 9.59 Å². The molecule has 0 aliphatic heterocycles. The van der Waals surface area contributed by atoms with E-state index in [1.165, 1.54) is 32.1 Å². The Bertz CT molecular complexity index is 888. The molecule has 0 unspecified atom stereocenters. The molecule has 4 rings (SSSR count). The third kappa shape index (κ3) is 3.05. The number of nitrogens with zero attached hydrogens (tertiary/aromatic N) is 2. The van der Waals surface area contributed by atoms with Gasteiger partial charge in [0.1, 0.15) is 0 Å². The van der Waals surface area contributed by atoms with Gasteiger partial charge in [-0.05, 0) is 25.2 Å². The normalized spacial score (nSPS) is 17.1. The van der Waals surface area contributed by atoms with E-state index in [0.29, 0.717) is 28.4 Å². The average molecular weight is 365 g/mol. The van der Waals surface area contributed by atoms with E-state index in [-0.39, 0.29) is 11.6 Å². The first kappa shape index (κ1) is 18.1. The predicted molar refractivity (Wildman–Crippen MR) is 104 cm³/mol. The summed E-state index contributed by atoms with van der Waals surface area (Å²) >= 11 is 0. The smallest absolute Gasteiger partial charge is 0.254 e. The van der Waals surface area contributed by atoms with Gasteiger partial charge in [-0.25, -0.2) is 9.13 Å². The minimum atomic E-state index is 0.00166. The molecular weight excluding hydrogens is 336 g/mol. The predicted octanol–water partition coefficient (Wildman–Crippen LogP) is 4.24. The molecule has 1 aromatic carbocycles. The van der Waals surface area contributed by atoms with E-state index in [4.69, 9.17) is 0 Å². The van der Waals surface area contributed by atoms with E-state index in [2.05, 4.69) is 23.0 Å². The van der Waals surface area contributed by atoms with Crippen LogP contribution < -0.4 is 4.57 Å². The van der Waals surface area contributed by atoms with Gasteiger partial charge in [-0.2, -0.15) is 0 Å². The zero-order chi connectivity index (χ0) is 19.0. The van der Waals surface area contributed by atoms with Gasteiger partial charge in [0.25, 0.3) is 5.82 Å². The highest BCUT2D eigenvalue weighted by Crippen LogP contribution is 2.29. The number of aromatic nitrogens is 2. The monoisotopic (exact) mass is 365 g/mol. The summed E-state index contributed by atoms with van der Waals surface area (Å²) in [5.74, 6) is 1.67. The van der Waals surface area contributed by atoms with Crippen molar-refractivity contribution in [2.45, 2.75) is 71.9 Å². The third-order valence-corrected chi connectivity index (χ3v) is 6.29. The lowest BCUT2D eigenvalue weighted by atomic mass is 9.88. The second kappa shape index (κ2) is 7.41. The Morgan fingerprint density at radius 3 is 2.37 bits per heavy atom. The minimum Gasteiger partial charge on any atom is -0.284 e. The highest BCUT2D eigenvalue weighted by molar-refractivity contribution is 6.26. The van der Waals surface area contributed by atoms with Crippen LogP contribution in [0, 0.1) is 12.8 Å². The Kier molecular flexibility index (Phi) is 4.98. The number of fused-ring (bicyclic) bond motifs is 2. The number of imidazole rings is 1. The molecule has 0 bridgehead atoms. The second-order valence-electron chi connectivity index (χ2n) is 8.07. The summed E-state index contributed by atoms with van der Waals surface area (Å²) in [7, 11) is 0. The lowest BCUT2D eigenvalue weighted by Gasteiger charge is -2.21. The first-order valence-corrected chi connectivity index (χ1v) is 10.4. The standard InChI is InChI=1S/C23H29N2O2/c1-3-4-14-24-16(2)25(15-17-10-6-5-7-11-17)21-20(24)22(26)18-12-8-9-13-19(18)23(21)27/h8-9,12-13,17H,3-7,10-11,14-15H2,1-2H3/q+1. The SMILES string of the molecule is CCCCn1c2c([n+](CC3CCCCC3)c1C)C(=O)c1ccccc1C2=O. The molecule has 2 aromatic rings. The Balaban J connectivity index is 1.84. The van der Waals surface area contributed by atoms with Crippen LogP contribution in [0.1, 0.15) is 89.8 Å². The zero-order valence-electron chi connectivity index (χ0n) is 16.5. The van der Waals surface area contributed by atoms with Crippen molar-refractivity contribution in [2.24, 2.45) is 5.92 Å². The van der Waals surface area contributed by atoms with Gasteiger partial charge in [0.05, 0.1) is 13.1 Å². The Hall–Kier alpha value is -2.23. The molecular formula is C23H29N2O2+. The highest BCUT2D eigenvalue weighted by atomic mass is 16.1. The maximum atomic E-state index is 13.4. The summed E-state index contributed by atoms with van der Waals surface area (Å²) in [6, 6.07) is 7.28. The summed E-state index contributed by atoms with van der Waals surface area (Å²) in [4.78, 5) is 26.7. The molecule has 0 N–H and O–H groups in total. The van der Waals surface area contributed by atoms with Crippen LogP contribution in [0.3, 0.4) is 0 Å². The quantitative estimate of drug-likeness (QED) is 0.635. The van der Waals surface area contributed by atoms with Gasteiger partial charge >= 0.3 is 0 Å². The van der Waals surface area contributed by atoms with Crippen LogP contribution in [0.4, 0.5) is 0 Å². The van der Waals surface area contributed by atoms with Crippen molar-refractivity contribution in [2.75, 3.05) is 0 Å². The number of hydrogen-bond donors (Lipinski definition) is 0. The lowest BCUT2D eigenvalue weighted by molar-refractivity contribution is -0.710. The maximum Gasteiger partial charge on any atom is 0.254 e. The Morgan fingerprint density at radius 1 is 1.04 bits per heavy atom. The second-order valence-corrected chi connectivity index (χ2v) is 8.07. The van der Waals surface area contributed by atoms with Crippen molar-refractivity contribution in [3.8, 4) is 0 Å². The molecule has 4 nitrogen and oxygen atoms in total. The molecule has 0 radical (unpaired) electrons. The number of carbonyl (C=O) groups excluding carboxylic acids is 2. The van der Waals surface area contributed by atoms with Crippen molar-refractivity contribution in [3.05, 3.63) is 52.6 Å². The number of carbonyl (C=O) groups is 2. The van der Waals surface area contributed by atoms with Crippen LogP contribution in [0.15, 0.2) is 24.3 Å². The first-order valence-electron chi connectivity index (χ1n) is 10.4. The van der Waals surface area contributed by atoms with Crippen molar-refractivity contribution in [1.29, 1.82) is 0 Å². The van der Waals surface area contributed by atoms with E-state index in [1.54, 1.807) is 12.1 Å². The molecule has 0 spiro atoms. The van der Waals surface area contributed by atoms with E-state index in [0.717, 1.165) is 31.8 Å². The van der Waals surface area contributed by atoms with Gasteiger partial charge in [-0.1, -0.05) is 56.9 Å². The van der Waals surface area contributed by atoms with Crippen LogP contribution >= 0.6 is 0 Å². The van der Waals surface area contributed by atoms with Crippen molar-refractivity contribution in [1.82, 2.24) is 4.57 Å². The van der Waals surface area contributed by atoms with Crippen LogP contribution in [0.5, 0.6) is 0 Å². The summed E-state index contributed by atoms with van der Waals surface area (Å²) in [5.41, 5.74) is 2.34. The molecule has 1 heterocycles. The fourth-order valence-corrected chi connectivity index (χ4v) is 4.76. The number of rotatable bonds is 5. The third-order valence-electron chi connectivity index (χ3n) is 6.29. The largest absolute Gasteiger partial charge is 0.284 e. The highest BCUT2D eigenvalue weighted by Gasteiger charge is 2.43. The summed E-state index contributed by atoms with van der Waals surface area (Å²) in [6.07, 6.45) is 8.39. The maximum absolute atomic E-state index is 13.4. The van der Waals surface area contributed by atoms with Crippen molar-refractivity contribution in [3.63, 3.8) is 0 Å². The van der Waals surface area contributed by atoms with E-state index >= 15 is 0 Å². The number of unbranched alkanes of at least 4 members (excludes halogenated alkanes) is 1. The van der Waals surface area contributed by atoms with Gasteiger partial charge in [-0.15, -0.1) is 0 Å². The molecule has 142 valence electrons. The number of ketones is 2. The molecule has 1 saturated carbocycles. The summed E-state index contributed by atoms with van der Waals surface area (Å²) < 4.78 is 4.27. The molecule has 1 aromatic heterocycles. The van der Waals surface area contributed by atoms with Gasteiger partial charge in [-0.3, -0.25) is 9.59 Å². The number of hydrogen-bond acceptors (Lipinski definition) is 2. The Labute approximate surface area is 161 Å². The molecule has 2 aliphatic carbocycles. The van der Waals surface area contributed by atoms with Crippen LogP contribution in [-0.4, -0.2) is 16.1 Å². The van der Waals surface area contributed by atoms with Crippen LogP contribution in [0.2, 0.25) is 0 Å². The molecule has 0 saturated heterocycles. The van der Waals surface area contributed by atoms with E-state index < -0.39 is 0 Å². The van der Waals surface area contributed by atoms with Crippen LogP contribution in [-0.2, 0) is 13.1 Å². The molecule has 2 aliphatic rings. The summed E-state index contributed by atoms with van der Waals surface area (Å²) in [6.45, 7) is 5.88. The van der Waals surface area contributed by atoms with Gasteiger partial charge in [0.15, 0.2) is 0 Å². The molecule has 4 heteroatoms. The van der Waals surface area contributed by atoms with Crippen molar-refractivity contribution >= 4 is 11.6 Å². The molecule has 0 atom stereocenters. The minimum absolute atomic E-state index is 0.00166. The molecule has 0 amide bonds. The zero-order valence-corrected chi connectivity index (χ0v) is 16.5. The average Bonchev–Trinajstić information content (AvgIpc) is 2.97. The lowest BCUT2D eigenvalue weighted by Crippen LogP contribution is -2.46. The topological polar surface area (TPSA) is 43.0 Å².